The van der Waals surface area contributed by atoms with Gasteiger partial charge in [-0.15, -0.1) is 0 Å². The van der Waals surface area contributed by atoms with Gasteiger partial charge < -0.3 is 9.64 Å². The highest BCUT2D eigenvalue weighted by Gasteiger charge is 2.28. The van der Waals surface area contributed by atoms with E-state index in [-0.39, 0.29) is 12.0 Å². The molecule has 0 spiro atoms. The van der Waals surface area contributed by atoms with Gasteiger partial charge in [-0.05, 0) is 29.7 Å². The topological polar surface area (TPSA) is 45.7 Å². The molecule has 1 aliphatic heterocycles. The lowest BCUT2D eigenvalue weighted by Crippen LogP contribution is -2.37. The predicted molar refractivity (Wildman–Crippen MR) is 121 cm³/mol. The molecular formula is C26H29N3O2. The third-order valence-electron chi connectivity index (χ3n) is 5.57. The summed E-state index contributed by atoms with van der Waals surface area (Å²) in [4.78, 5) is 21.6. The van der Waals surface area contributed by atoms with Crippen molar-refractivity contribution in [1.82, 2.24) is 14.8 Å². The highest BCUT2D eigenvalue weighted by molar-refractivity contribution is 5.78. The van der Waals surface area contributed by atoms with E-state index in [9.17, 15) is 4.79 Å². The number of hydrogen-bond acceptors (Lipinski definition) is 4. The second-order valence-corrected chi connectivity index (χ2v) is 7.98. The maximum atomic E-state index is 13.1. The van der Waals surface area contributed by atoms with Crippen molar-refractivity contribution >= 4 is 5.91 Å². The molecule has 0 bridgehead atoms. The zero-order valence-electron chi connectivity index (χ0n) is 17.8. The Labute approximate surface area is 184 Å². The summed E-state index contributed by atoms with van der Waals surface area (Å²) < 4.78 is 6.25. The Kier molecular flexibility index (Phi) is 7.42. The Bertz CT molecular complexity index is 935. The van der Waals surface area contributed by atoms with Crippen LogP contribution in [0.2, 0.25) is 0 Å². The van der Waals surface area contributed by atoms with Crippen molar-refractivity contribution in [3.8, 4) is 0 Å². The van der Waals surface area contributed by atoms with Crippen molar-refractivity contribution in [3.05, 3.63) is 102 Å². The number of carbonyl (C=O) groups is 1. The fraction of sp³-hybridized carbons (Fsp3) is 0.308. The average Bonchev–Trinajstić information content (AvgIpc) is 2.96. The van der Waals surface area contributed by atoms with Gasteiger partial charge in [0.05, 0.1) is 24.9 Å². The minimum Gasteiger partial charge on any atom is -0.369 e. The number of benzene rings is 2. The highest BCUT2D eigenvalue weighted by Crippen LogP contribution is 2.14. The summed E-state index contributed by atoms with van der Waals surface area (Å²) in [5.41, 5.74) is 3.33. The Balaban J connectivity index is 1.44. The van der Waals surface area contributed by atoms with E-state index in [0.717, 1.165) is 30.8 Å². The van der Waals surface area contributed by atoms with Crippen LogP contribution in [-0.2, 0) is 29.1 Å². The third-order valence-corrected chi connectivity index (χ3v) is 5.57. The second kappa shape index (κ2) is 10.8. The zero-order chi connectivity index (χ0) is 21.3. The van der Waals surface area contributed by atoms with Crippen molar-refractivity contribution in [2.75, 3.05) is 26.2 Å². The molecular weight excluding hydrogens is 386 g/mol. The summed E-state index contributed by atoms with van der Waals surface area (Å²) in [5.74, 6) is 0.154. The van der Waals surface area contributed by atoms with Gasteiger partial charge in [-0.3, -0.25) is 14.7 Å². The van der Waals surface area contributed by atoms with Gasteiger partial charge in [0.15, 0.2) is 0 Å². The molecule has 4 rings (SSSR count). The number of rotatable bonds is 8. The lowest BCUT2D eigenvalue weighted by molar-refractivity contribution is -0.132. The van der Waals surface area contributed by atoms with Gasteiger partial charge in [0.1, 0.15) is 0 Å². The van der Waals surface area contributed by atoms with Gasteiger partial charge in [-0.1, -0.05) is 66.7 Å². The van der Waals surface area contributed by atoms with Crippen LogP contribution in [0.4, 0.5) is 0 Å². The third kappa shape index (κ3) is 6.48. The minimum atomic E-state index is -0.0621. The molecule has 1 amide bonds. The van der Waals surface area contributed by atoms with Crippen LogP contribution in [0.15, 0.2) is 85.1 Å². The molecule has 0 N–H and O–H groups in total. The van der Waals surface area contributed by atoms with Crippen molar-refractivity contribution < 1.29 is 9.53 Å². The number of pyridine rings is 1. The van der Waals surface area contributed by atoms with E-state index in [2.05, 4.69) is 46.3 Å². The highest BCUT2D eigenvalue weighted by atomic mass is 16.5. The SMILES string of the molecule is O=C1CN(CCc2ccccc2)C[C@@H](OCc2ccccn2)CN1Cc1ccccc1. The minimum absolute atomic E-state index is 0.0621. The first-order valence-corrected chi connectivity index (χ1v) is 10.9. The van der Waals surface area contributed by atoms with E-state index in [4.69, 9.17) is 4.74 Å². The maximum absolute atomic E-state index is 13.1. The summed E-state index contributed by atoms with van der Waals surface area (Å²) in [5, 5.41) is 0. The van der Waals surface area contributed by atoms with Crippen LogP contribution < -0.4 is 0 Å². The largest absolute Gasteiger partial charge is 0.369 e. The summed E-state index contributed by atoms with van der Waals surface area (Å²) in [6, 6.07) is 26.4. The lowest BCUT2D eigenvalue weighted by atomic mass is 10.1. The van der Waals surface area contributed by atoms with Crippen LogP contribution in [0.3, 0.4) is 0 Å². The predicted octanol–water partition coefficient (Wildman–Crippen LogP) is 3.55. The summed E-state index contributed by atoms with van der Waals surface area (Å²) >= 11 is 0. The van der Waals surface area contributed by atoms with Crippen molar-refractivity contribution in [2.45, 2.75) is 25.7 Å². The van der Waals surface area contributed by atoms with Gasteiger partial charge in [-0.2, -0.15) is 0 Å². The quantitative estimate of drug-likeness (QED) is 0.564. The number of ether oxygens (including phenoxy) is 1. The van der Waals surface area contributed by atoms with E-state index in [1.807, 2.05) is 47.4 Å². The maximum Gasteiger partial charge on any atom is 0.237 e. The molecule has 1 atom stereocenters. The molecule has 31 heavy (non-hydrogen) atoms. The average molecular weight is 416 g/mol. The Morgan fingerprint density at radius 1 is 0.871 bits per heavy atom. The van der Waals surface area contributed by atoms with Gasteiger partial charge in [0, 0.05) is 32.4 Å². The van der Waals surface area contributed by atoms with E-state index in [0.29, 0.717) is 26.2 Å². The molecule has 2 heterocycles. The number of carbonyl (C=O) groups excluding carboxylic acids is 1. The van der Waals surface area contributed by atoms with Crippen LogP contribution in [-0.4, -0.2) is 53.0 Å². The number of nitrogens with zero attached hydrogens (tertiary/aromatic N) is 3. The molecule has 5 nitrogen and oxygen atoms in total. The molecule has 2 aromatic carbocycles. The fourth-order valence-corrected chi connectivity index (χ4v) is 3.90. The molecule has 1 aliphatic rings. The van der Waals surface area contributed by atoms with E-state index >= 15 is 0 Å². The van der Waals surface area contributed by atoms with Crippen LogP contribution in [0.5, 0.6) is 0 Å². The molecule has 1 saturated heterocycles. The molecule has 5 heteroatoms. The number of hydrogen-bond donors (Lipinski definition) is 0. The normalized spacial score (nSPS) is 17.5. The Morgan fingerprint density at radius 3 is 2.29 bits per heavy atom. The molecule has 1 aromatic heterocycles. The van der Waals surface area contributed by atoms with Gasteiger partial charge in [-0.25, -0.2) is 0 Å². The Morgan fingerprint density at radius 2 is 1.58 bits per heavy atom. The molecule has 0 aliphatic carbocycles. The molecule has 0 saturated carbocycles. The van der Waals surface area contributed by atoms with E-state index in [1.165, 1.54) is 5.56 Å². The van der Waals surface area contributed by atoms with Gasteiger partial charge in [0.25, 0.3) is 0 Å². The van der Waals surface area contributed by atoms with Crippen LogP contribution in [0, 0.1) is 0 Å². The molecule has 0 unspecified atom stereocenters. The molecule has 3 aromatic rings. The molecule has 160 valence electrons. The summed E-state index contributed by atoms with van der Waals surface area (Å²) in [7, 11) is 0. The smallest absolute Gasteiger partial charge is 0.237 e. The summed E-state index contributed by atoms with van der Waals surface area (Å²) in [6.07, 6.45) is 2.64. The number of aromatic nitrogens is 1. The monoisotopic (exact) mass is 415 g/mol. The van der Waals surface area contributed by atoms with Crippen LogP contribution >= 0.6 is 0 Å². The fourth-order valence-electron chi connectivity index (χ4n) is 3.90. The van der Waals surface area contributed by atoms with E-state index in [1.54, 1.807) is 6.20 Å². The Hall–Kier alpha value is -3.02. The summed E-state index contributed by atoms with van der Waals surface area (Å²) in [6.45, 7) is 3.63. The van der Waals surface area contributed by atoms with Crippen LogP contribution in [0.1, 0.15) is 16.8 Å². The van der Waals surface area contributed by atoms with Crippen molar-refractivity contribution in [2.24, 2.45) is 0 Å². The lowest BCUT2D eigenvalue weighted by Gasteiger charge is -2.25. The first-order chi connectivity index (χ1) is 15.3. The van der Waals surface area contributed by atoms with Gasteiger partial charge >= 0.3 is 0 Å². The van der Waals surface area contributed by atoms with Crippen molar-refractivity contribution in [1.29, 1.82) is 0 Å². The first-order valence-electron chi connectivity index (χ1n) is 10.9. The first kappa shape index (κ1) is 21.2. The molecule has 0 radical (unpaired) electrons. The standard InChI is InChI=1S/C26H29N3O2/c30-26-20-28(16-14-22-9-3-1-4-10-22)18-25(31-21-24-13-7-8-15-27-24)19-29(26)17-23-11-5-2-6-12-23/h1-13,15,25H,14,16-21H2/t25-/m1/s1. The second-order valence-electron chi connectivity index (χ2n) is 7.98. The van der Waals surface area contributed by atoms with Crippen molar-refractivity contribution in [3.63, 3.8) is 0 Å². The van der Waals surface area contributed by atoms with E-state index < -0.39 is 0 Å². The molecule has 1 fully saturated rings. The van der Waals surface area contributed by atoms with Crippen LogP contribution in [0.25, 0.3) is 0 Å². The van der Waals surface area contributed by atoms with Gasteiger partial charge in [0.2, 0.25) is 5.91 Å². The number of amides is 1. The zero-order valence-corrected chi connectivity index (χ0v) is 17.8.